The lowest BCUT2D eigenvalue weighted by molar-refractivity contribution is -1.05. The van der Waals surface area contributed by atoms with Crippen LogP contribution in [0.25, 0.3) is 0 Å². The monoisotopic (exact) mass is 486 g/mol. The van der Waals surface area contributed by atoms with Gasteiger partial charge in [0.15, 0.2) is 5.66 Å². The molecule has 0 saturated carbocycles. The number of rotatable bonds is 9. The highest BCUT2D eigenvalue weighted by molar-refractivity contribution is 7.96. The molecule has 0 radical (unpaired) electrons. The van der Waals surface area contributed by atoms with Gasteiger partial charge in [0.05, 0.1) is 13.0 Å². The smallest absolute Gasteiger partial charge is 0.348 e. The Morgan fingerprint density at radius 3 is 1.49 bits per heavy atom. The summed E-state index contributed by atoms with van der Waals surface area (Å²) in [6.45, 7) is -0.196. The molecule has 0 amide bonds. The van der Waals surface area contributed by atoms with Crippen molar-refractivity contribution < 1.29 is 20.0 Å². The van der Waals surface area contributed by atoms with Crippen molar-refractivity contribution in [1.82, 2.24) is 0 Å². The quantitative estimate of drug-likeness (QED) is 0.217. The summed E-state index contributed by atoms with van der Waals surface area (Å²) >= 11 is 0. The lowest BCUT2D eigenvalue weighted by Gasteiger charge is -2.37. The number of quaternary nitrogens is 1. The number of nitrogens with one attached hydrogen (secondary N) is 1. The molecule has 35 heavy (non-hydrogen) atoms. The highest BCUT2D eigenvalue weighted by Crippen LogP contribution is 2.63. The van der Waals surface area contributed by atoms with Gasteiger partial charge < -0.3 is 9.94 Å². The van der Waals surface area contributed by atoms with Crippen molar-refractivity contribution in [2.45, 2.75) is 11.6 Å². The van der Waals surface area contributed by atoms with Gasteiger partial charge in [0.2, 0.25) is 0 Å². The fraction of sp³-hybridized carbons (Fsp3) is 0.138. The van der Waals surface area contributed by atoms with Gasteiger partial charge in [0.25, 0.3) is 0 Å². The summed E-state index contributed by atoms with van der Waals surface area (Å²) in [6, 6.07) is 39.4. The summed E-state index contributed by atoms with van der Waals surface area (Å²) in [5.74, 6) is -1.01. The Morgan fingerprint density at radius 1 is 0.771 bits per heavy atom. The van der Waals surface area contributed by atoms with Gasteiger partial charge in [-0.25, -0.2) is 15.2 Å². The van der Waals surface area contributed by atoms with Crippen molar-refractivity contribution in [3.05, 3.63) is 132 Å². The molecule has 6 heteroatoms. The van der Waals surface area contributed by atoms with E-state index in [4.69, 9.17) is 4.74 Å². The van der Waals surface area contributed by atoms with E-state index in [1.54, 1.807) is 0 Å². The van der Waals surface area contributed by atoms with Crippen LogP contribution in [0.5, 0.6) is 0 Å². The standard InChI is InChI=1S/C29H29NO4P/c1-34-29(31)28(27(22-30(32)33)23-14-6-2-7-15-23)35(24-16-8-3-9-17-24,25-18-10-4-11-19-25)26-20-12-5-13-21-26/h2-21,27-28,30,32H,22H2,1H3/q+1. The lowest BCUT2D eigenvalue weighted by atomic mass is 9.95. The Hall–Kier alpha value is -3.34. The van der Waals surface area contributed by atoms with Crippen LogP contribution in [-0.2, 0) is 9.53 Å². The number of ether oxygens (including phenoxy) is 1. The number of benzene rings is 4. The van der Waals surface area contributed by atoms with Gasteiger partial charge >= 0.3 is 5.97 Å². The molecule has 0 aliphatic heterocycles. The molecule has 0 spiro atoms. The summed E-state index contributed by atoms with van der Waals surface area (Å²) in [5, 5.41) is 24.2. The SMILES string of the molecule is COC(=O)C(C(C[NH+]([O-])O)c1ccccc1)[P+](c1ccccc1)(c1ccccc1)c1ccccc1. The molecule has 4 rings (SSSR count). The number of carbonyl (C=O) groups is 1. The first-order valence-corrected chi connectivity index (χ1v) is 13.3. The van der Waals surface area contributed by atoms with Crippen LogP contribution in [-0.4, -0.2) is 30.5 Å². The average Bonchev–Trinajstić information content (AvgIpc) is 2.92. The van der Waals surface area contributed by atoms with Crippen LogP contribution in [0, 0.1) is 5.21 Å². The Labute approximate surface area is 206 Å². The second-order valence-corrected chi connectivity index (χ2v) is 11.9. The minimum atomic E-state index is -2.75. The van der Waals surface area contributed by atoms with Gasteiger partial charge in [-0.3, -0.25) is 0 Å². The van der Waals surface area contributed by atoms with Gasteiger partial charge in [-0.05, 0) is 42.0 Å². The Balaban J connectivity index is 2.13. The second-order valence-electron chi connectivity index (χ2n) is 8.31. The molecule has 2 N–H and O–H groups in total. The van der Waals surface area contributed by atoms with Crippen molar-refractivity contribution in [3.8, 4) is 0 Å². The molecule has 178 valence electrons. The molecule has 0 aromatic heterocycles. The molecule has 3 unspecified atom stereocenters. The molecule has 4 aromatic carbocycles. The van der Waals surface area contributed by atoms with Gasteiger partial charge in [-0.15, -0.1) is 0 Å². The van der Waals surface area contributed by atoms with Crippen molar-refractivity contribution >= 4 is 29.1 Å². The average molecular weight is 487 g/mol. The van der Waals surface area contributed by atoms with E-state index in [0.29, 0.717) is 0 Å². The van der Waals surface area contributed by atoms with Crippen LogP contribution in [0.4, 0.5) is 0 Å². The maximum atomic E-state index is 13.9. The minimum absolute atomic E-state index is 0.196. The summed E-state index contributed by atoms with van der Waals surface area (Å²) in [4.78, 5) is 13.9. The number of hydroxylamine groups is 2. The zero-order valence-electron chi connectivity index (χ0n) is 19.5. The second kappa shape index (κ2) is 11.4. The van der Waals surface area contributed by atoms with Crippen molar-refractivity contribution in [3.63, 3.8) is 0 Å². The Morgan fingerprint density at radius 2 is 1.14 bits per heavy atom. The molecule has 0 bridgehead atoms. The van der Waals surface area contributed by atoms with E-state index in [-0.39, 0.29) is 6.54 Å². The van der Waals surface area contributed by atoms with Crippen molar-refractivity contribution in [1.29, 1.82) is 0 Å². The maximum absolute atomic E-state index is 13.9. The van der Waals surface area contributed by atoms with E-state index in [9.17, 15) is 15.2 Å². The predicted octanol–water partition coefficient (Wildman–Crippen LogP) is 3.08. The first-order chi connectivity index (χ1) is 17.1. The number of esters is 1. The fourth-order valence-corrected chi connectivity index (χ4v) is 9.96. The number of carbonyl (C=O) groups excluding carboxylic acids is 1. The van der Waals surface area contributed by atoms with Gasteiger partial charge in [-0.2, -0.15) is 0 Å². The third-order valence-corrected chi connectivity index (χ3v) is 11.1. The zero-order chi connectivity index (χ0) is 24.7. The van der Waals surface area contributed by atoms with Crippen LogP contribution in [0.2, 0.25) is 0 Å². The zero-order valence-corrected chi connectivity index (χ0v) is 20.4. The van der Waals surface area contributed by atoms with Crippen molar-refractivity contribution in [2.75, 3.05) is 13.7 Å². The molecular formula is C29H29NO4P+. The molecule has 0 aliphatic rings. The van der Waals surface area contributed by atoms with Crippen molar-refractivity contribution in [2.24, 2.45) is 0 Å². The predicted molar refractivity (Wildman–Crippen MR) is 141 cm³/mol. The van der Waals surface area contributed by atoms with Crippen LogP contribution in [0.15, 0.2) is 121 Å². The van der Waals surface area contributed by atoms with Gasteiger partial charge in [0, 0.05) is 0 Å². The first-order valence-electron chi connectivity index (χ1n) is 11.5. The molecule has 5 nitrogen and oxygen atoms in total. The number of hydrogen-bond donors (Lipinski definition) is 2. The minimum Gasteiger partial charge on any atom is -0.600 e. The third kappa shape index (κ3) is 5.04. The summed E-state index contributed by atoms with van der Waals surface area (Å²) in [5.41, 5.74) is 0.0515. The Bertz CT molecular complexity index is 1110. The largest absolute Gasteiger partial charge is 0.600 e. The van der Waals surface area contributed by atoms with E-state index < -0.39 is 30.0 Å². The molecule has 0 fully saturated rings. The highest BCUT2D eigenvalue weighted by Gasteiger charge is 2.60. The maximum Gasteiger partial charge on any atom is 0.348 e. The number of hydrogen-bond acceptors (Lipinski definition) is 4. The van der Waals surface area contributed by atoms with Crippen LogP contribution >= 0.6 is 7.26 Å². The molecule has 0 aliphatic carbocycles. The highest BCUT2D eigenvalue weighted by atomic mass is 31.2. The summed E-state index contributed by atoms with van der Waals surface area (Å²) in [6.07, 6.45) is 0. The third-order valence-electron chi connectivity index (χ3n) is 6.35. The van der Waals surface area contributed by atoms with E-state index in [0.717, 1.165) is 21.5 Å². The van der Waals surface area contributed by atoms with E-state index in [1.165, 1.54) is 7.11 Å². The van der Waals surface area contributed by atoms with E-state index >= 15 is 0 Å². The summed E-state index contributed by atoms with van der Waals surface area (Å²) in [7, 11) is -1.37. The van der Waals surface area contributed by atoms with E-state index in [1.807, 2.05) is 121 Å². The van der Waals surface area contributed by atoms with Crippen LogP contribution < -0.4 is 21.1 Å². The van der Waals surface area contributed by atoms with Gasteiger partial charge in [-0.1, -0.05) is 84.9 Å². The molecule has 0 heterocycles. The first kappa shape index (κ1) is 24.8. The number of methoxy groups -OCH3 is 1. The molecule has 3 atom stereocenters. The molecule has 4 aromatic rings. The fourth-order valence-electron chi connectivity index (χ4n) is 4.93. The summed E-state index contributed by atoms with van der Waals surface area (Å²) < 4.78 is 5.46. The normalized spacial score (nSPS) is 14.0. The van der Waals surface area contributed by atoms with Crippen LogP contribution in [0.3, 0.4) is 0 Å². The molecular weight excluding hydrogens is 457 g/mol. The van der Waals surface area contributed by atoms with Gasteiger partial charge in [0.1, 0.15) is 29.7 Å². The van der Waals surface area contributed by atoms with E-state index in [2.05, 4.69) is 0 Å². The lowest BCUT2D eigenvalue weighted by Crippen LogP contribution is -3.05. The Kier molecular flexibility index (Phi) is 8.06. The molecule has 0 saturated heterocycles. The topological polar surface area (TPSA) is 74.0 Å². The van der Waals surface area contributed by atoms with Crippen LogP contribution in [0.1, 0.15) is 11.5 Å².